The summed E-state index contributed by atoms with van der Waals surface area (Å²) in [6, 6.07) is 0. The van der Waals surface area contributed by atoms with Gasteiger partial charge in [0.15, 0.2) is 0 Å². The van der Waals surface area contributed by atoms with Crippen molar-refractivity contribution in [3.8, 4) is 5.88 Å². The molecule has 0 bridgehead atoms. The zero-order valence-corrected chi connectivity index (χ0v) is 7.67. The molecule has 2 rings (SSSR count). The number of rotatable bonds is 2. The van der Waals surface area contributed by atoms with Crippen LogP contribution in [0.1, 0.15) is 25.0 Å². The fraction of sp³-hybridized carbons (Fsp3) is 0.556. The monoisotopic (exact) mass is 196 g/mol. The largest absolute Gasteiger partial charge is 0.493 e. The fourth-order valence-electron chi connectivity index (χ4n) is 1.91. The lowest BCUT2D eigenvalue weighted by atomic mass is 10.0. The number of carbonyl (C=O) groups excluding carboxylic acids is 1. The number of aromatic hydroxyl groups is 1. The number of hydrogen-bond donors (Lipinski definition) is 3. The van der Waals surface area contributed by atoms with Crippen molar-refractivity contribution >= 4 is 5.78 Å². The molecular weight excluding hydrogens is 184 g/mol. The van der Waals surface area contributed by atoms with E-state index in [1.54, 1.807) is 0 Å². The molecule has 1 aromatic heterocycles. The number of nitrogens with one attached hydrogen (secondary N) is 2. The molecule has 1 heterocycles. The maximum atomic E-state index is 11.3. The number of Topliss-reactive ketones (excluding diaryl/α,β-unsaturated/α-hetero) is 1. The standard InChI is InChI=1S/C9H12N2O3/c12-7-3-1-2-5(7)4-6-8(13)11-9(14)10-6/h5,13H,1-4H2,(H2,10,11,14). The molecular formula is C9H12N2O3. The third kappa shape index (κ3) is 1.57. The van der Waals surface area contributed by atoms with Gasteiger partial charge in [0.1, 0.15) is 5.78 Å². The summed E-state index contributed by atoms with van der Waals surface area (Å²) in [5.74, 6) is 0.0495. The van der Waals surface area contributed by atoms with Crippen LogP contribution in [-0.2, 0) is 11.2 Å². The van der Waals surface area contributed by atoms with E-state index in [-0.39, 0.29) is 17.6 Å². The van der Waals surface area contributed by atoms with Crippen LogP contribution in [0, 0.1) is 5.92 Å². The molecule has 0 radical (unpaired) electrons. The molecule has 1 aliphatic carbocycles. The summed E-state index contributed by atoms with van der Waals surface area (Å²) in [6.07, 6.45) is 2.83. The minimum absolute atomic E-state index is 0.0349. The van der Waals surface area contributed by atoms with Crippen LogP contribution < -0.4 is 5.69 Å². The normalized spacial score (nSPS) is 21.7. The molecule has 1 unspecified atom stereocenters. The molecule has 0 aliphatic heterocycles. The summed E-state index contributed by atoms with van der Waals surface area (Å²) >= 11 is 0. The average Bonchev–Trinajstić information content (AvgIpc) is 2.62. The topological polar surface area (TPSA) is 86.0 Å². The Morgan fingerprint density at radius 2 is 2.14 bits per heavy atom. The number of aromatic nitrogens is 2. The van der Waals surface area contributed by atoms with Gasteiger partial charge in [-0.05, 0) is 12.8 Å². The first-order chi connectivity index (χ1) is 6.66. The minimum Gasteiger partial charge on any atom is -0.493 e. The van der Waals surface area contributed by atoms with Gasteiger partial charge in [0.05, 0.1) is 5.69 Å². The SMILES string of the molecule is O=C1CCCC1Cc1[nH]c(=O)[nH]c1O. The Morgan fingerprint density at radius 1 is 1.36 bits per heavy atom. The van der Waals surface area contributed by atoms with Gasteiger partial charge in [0, 0.05) is 18.8 Å². The highest BCUT2D eigenvalue weighted by Crippen LogP contribution is 2.26. The summed E-state index contributed by atoms with van der Waals surface area (Å²) in [4.78, 5) is 26.8. The lowest BCUT2D eigenvalue weighted by Gasteiger charge is -2.04. The molecule has 76 valence electrons. The van der Waals surface area contributed by atoms with Crippen LogP contribution in [0.4, 0.5) is 0 Å². The third-order valence-corrected chi connectivity index (χ3v) is 2.66. The molecule has 0 saturated heterocycles. The van der Waals surface area contributed by atoms with E-state index in [9.17, 15) is 14.7 Å². The van der Waals surface area contributed by atoms with Crippen molar-refractivity contribution in [2.75, 3.05) is 0 Å². The third-order valence-electron chi connectivity index (χ3n) is 2.66. The molecule has 0 amide bonds. The van der Waals surface area contributed by atoms with Gasteiger partial charge >= 0.3 is 5.69 Å². The maximum Gasteiger partial charge on any atom is 0.325 e. The van der Waals surface area contributed by atoms with Crippen molar-refractivity contribution < 1.29 is 9.90 Å². The van der Waals surface area contributed by atoms with E-state index in [0.717, 1.165) is 12.8 Å². The van der Waals surface area contributed by atoms with Gasteiger partial charge in [-0.2, -0.15) is 0 Å². The molecule has 5 nitrogen and oxygen atoms in total. The highest BCUT2D eigenvalue weighted by atomic mass is 16.3. The highest BCUT2D eigenvalue weighted by Gasteiger charge is 2.26. The van der Waals surface area contributed by atoms with Crippen LogP contribution >= 0.6 is 0 Å². The van der Waals surface area contributed by atoms with Gasteiger partial charge in [-0.15, -0.1) is 0 Å². The van der Waals surface area contributed by atoms with Crippen LogP contribution in [0.5, 0.6) is 5.88 Å². The van der Waals surface area contributed by atoms with Gasteiger partial charge < -0.3 is 10.1 Å². The van der Waals surface area contributed by atoms with Crippen molar-refractivity contribution in [1.29, 1.82) is 0 Å². The van der Waals surface area contributed by atoms with Crippen molar-refractivity contribution in [2.24, 2.45) is 5.92 Å². The molecule has 3 N–H and O–H groups in total. The second-order valence-corrected chi connectivity index (χ2v) is 3.67. The number of imidazole rings is 1. The molecule has 5 heteroatoms. The first-order valence-electron chi connectivity index (χ1n) is 4.69. The predicted octanol–water partition coefficient (Wildman–Crippen LogP) is 0.320. The zero-order valence-electron chi connectivity index (χ0n) is 7.67. The number of hydrogen-bond acceptors (Lipinski definition) is 3. The van der Waals surface area contributed by atoms with Crippen LogP contribution in [0.15, 0.2) is 4.79 Å². The summed E-state index contributed by atoms with van der Waals surface area (Å²) in [6.45, 7) is 0. The Bertz CT molecular complexity index is 404. The van der Waals surface area contributed by atoms with E-state index in [1.165, 1.54) is 0 Å². The van der Waals surface area contributed by atoms with E-state index in [4.69, 9.17) is 0 Å². The van der Waals surface area contributed by atoms with Crippen molar-refractivity contribution in [3.05, 3.63) is 16.2 Å². The molecule has 1 saturated carbocycles. The number of H-pyrrole nitrogens is 2. The number of carbonyl (C=O) groups is 1. The average molecular weight is 196 g/mol. The Morgan fingerprint density at radius 3 is 2.64 bits per heavy atom. The number of aromatic amines is 2. The van der Waals surface area contributed by atoms with E-state index >= 15 is 0 Å². The second-order valence-electron chi connectivity index (χ2n) is 3.67. The van der Waals surface area contributed by atoms with Gasteiger partial charge in [-0.25, -0.2) is 4.79 Å². The predicted molar refractivity (Wildman–Crippen MR) is 49.1 cm³/mol. The Kier molecular flexibility index (Phi) is 2.15. The summed E-state index contributed by atoms with van der Waals surface area (Å²) < 4.78 is 0. The van der Waals surface area contributed by atoms with E-state index in [2.05, 4.69) is 9.97 Å². The van der Waals surface area contributed by atoms with Crippen LogP contribution in [0.25, 0.3) is 0 Å². The van der Waals surface area contributed by atoms with Gasteiger partial charge in [-0.1, -0.05) is 0 Å². The van der Waals surface area contributed by atoms with Crippen molar-refractivity contribution in [1.82, 2.24) is 9.97 Å². The lowest BCUT2D eigenvalue weighted by molar-refractivity contribution is -0.120. The highest BCUT2D eigenvalue weighted by molar-refractivity contribution is 5.83. The molecule has 0 aromatic carbocycles. The van der Waals surface area contributed by atoms with Crippen LogP contribution in [-0.4, -0.2) is 20.9 Å². The first kappa shape index (κ1) is 9.05. The van der Waals surface area contributed by atoms with Crippen LogP contribution in [0.3, 0.4) is 0 Å². The van der Waals surface area contributed by atoms with E-state index < -0.39 is 5.69 Å². The molecule has 14 heavy (non-hydrogen) atoms. The molecule has 1 aromatic rings. The fourth-order valence-corrected chi connectivity index (χ4v) is 1.91. The second kappa shape index (κ2) is 3.32. The van der Waals surface area contributed by atoms with E-state index in [0.29, 0.717) is 18.5 Å². The molecule has 1 fully saturated rings. The van der Waals surface area contributed by atoms with Crippen LogP contribution in [0.2, 0.25) is 0 Å². The summed E-state index contributed by atoms with van der Waals surface area (Å²) in [7, 11) is 0. The quantitative estimate of drug-likeness (QED) is 0.636. The van der Waals surface area contributed by atoms with Gasteiger partial charge in [-0.3, -0.25) is 9.78 Å². The zero-order chi connectivity index (χ0) is 10.1. The Balaban J connectivity index is 2.14. The molecule has 0 spiro atoms. The van der Waals surface area contributed by atoms with Crippen molar-refractivity contribution in [2.45, 2.75) is 25.7 Å². The lowest BCUT2D eigenvalue weighted by Crippen LogP contribution is -2.10. The molecule has 1 atom stereocenters. The Labute approximate surface area is 80.2 Å². The summed E-state index contributed by atoms with van der Waals surface area (Å²) in [5.41, 5.74) is 0.0122. The number of ketones is 1. The van der Waals surface area contributed by atoms with Crippen molar-refractivity contribution in [3.63, 3.8) is 0 Å². The summed E-state index contributed by atoms with van der Waals surface area (Å²) in [5, 5.41) is 9.28. The maximum absolute atomic E-state index is 11.3. The van der Waals surface area contributed by atoms with Gasteiger partial charge in [0.25, 0.3) is 0 Å². The first-order valence-corrected chi connectivity index (χ1v) is 4.69. The van der Waals surface area contributed by atoms with Gasteiger partial charge in [0.2, 0.25) is 5.88 Å². The minimum atomic E-state index is -0.428. The smallest absolute Gasteiger partial charge is 0.325 e. The molecule has 1 aliphatic rings. The van der Waals surface area contributed by atoms with E-state index in [1.807, 2.05) is 0 Å². The Hall–Kier alpha value is -1.52.